The van der Waals surface area contributed by atoms with E-state index in [4.69, 9.17) is 5.73 Å². The maximum Gasteiger partial charge on any atom is 0.240 e. The molecule has 3 heteroatoms. The average Bonchev–Trinajstić information content (AvgIpc) is 2.47. The topological polar surface area (TPSA) is 46.3 Å². The lowest BCUT2D eigenvalue weighted by Gasteiger charge is -2.29. The molecule has 0 aliphatic carbocycles. The van der Waals surface area contributed by atoms with E-state index >= 15 is 0 Å². The molecule has 0 saturated carbocycles. The van der Waals surface area contributed by atoms with Crippen molar-refractivity contribution in [1.82, 2.24) is 4.90 Å². The molecule has 0 spiro atoms. The molecular formula is C11H22N2O. The highest BCUT2D eigenvalue weighted by Gasteiger charge is 2.33. The van der Waals surface area contributed by atoms with Crippen LogP contribution in [-0.4, -0.2) is 29.9 Å². The van der Waals surface area contributed by atoms with Crippen molar-refractivity contribution in [3.63, 3.8) is 0 Å². The zero-order valence-corrected chi connectivity index (χ0v) is 9.71. The van der Waals surface area contributed by atoms with Crippen LogP contribution in [-0.2, 0) is 4.79 Å². The number of carbonyl (C=O) groups is 1. The van der Waals surface area contributed by atoms with Gasteiger partial charge >= 0.3 is 0 Å². The number of nitrogens with two attached hydrogens (primary N) is 1. The Hall–Kier alpha value is -0.570. The Kier molecular flexibility index (Phi) is 3.20. The number of rotatable bonds is 1. The van der Waals surface area contributed by atoms with Gasteiger partial charge in [-0.3, -0.25) is 4.79 Å². The van der Waals surface area contributed by atoms with Crippen molar-refractivity contribution in [2.75, 3.05) is 13.1 Å². The van der Waals surface area contributed by atoms with Crippen LogP contribution in [0.5, 0.6) is 0 Å². The number of amides is 1. The van der Waals surface area contributed by atoms with Gasteiger partial charge in [0.2, 0.25) is 5.91 Å². The molecule has 3 nitrogen and oxygen atoms in total. The van der Waals surface area contributed by atoms with Crippen LogP contribution < -0.4 is 5.73 Å². The number of hydrogen-bond donors (Lipinski definition) is 1. The number of likely N-dealkylation sites (tertiary alicyclic amines) is 1. The van der Waals surface area contributed by atoms with Crippen molar-refractivity contribution in [1.29, 1.82) is 0 Å². The second-order valence-electron chi connectivity index (χ2n) is 5.52. The maximum absolute atomic E-state index is 11.9. The monoisotopic (exact) mass is 198 g/mol. The molecule has 2 N–H and O–H groups in total. The number of nitrogens with zero attached hydrogens (tertiary/aromatic N) is 1. The molecule has 1 amide bonds. The van der Waals surface area contributed by atoms with E-state index in [1.165, 1.54) is 0 Å². The van der Waals surface area contributed by atoms with Crippen LogP contribution in [0.25, 0.3) is 0 Å². The van der Waals surface area contributed by atoms with Crippen molar-refractivity contribution >= 4 is 5.91 Å². The van der Waals surface area contributed by atoms with Crippen LogP contribution in [0, 0.1) is 11.3 Å². The molecule has 0 aromatic rings. The van der Waals surface area contributed by atoms with E-state index in [1.54, 1.807) is 0 Å². The van der Waals surface area contributed by atoms with E-state index in [9.17, 15) is 4.79 Å². The first kappa shape index (κ1) is 11.5. The summed E-state index contributed by atoms with van der Waals surface area (Å²) in [6.45, 7) is 9.96. The summed E-state index contributed by atoms with van der Waals surface area (Å²) in [6, 6.07) is -0.368. The predicted molar refractivity (Wildman–Crippen MR) is 57.8 cm³/mol. The lowest BCUT2D eigenvalue weighted by molar-refractivity contribution is -0.134. The first-order chi connectivity index (χ1) is 6.32. The summed E-state index contributed by atoms with van der Waals surface area (Å²) in [4.78, 5) is 13.8. The van der Waals surface area contributed by atoms with Crippen molar-refractivity contribution in [3.05, 3.63) is 0 Å². The molecule has 1 saturated heterocycles. The molecule has 2 atom stereocenters. The highest BCUT2D eigenvalue weighted by molar-refractivity contribution is 5.82. The van der Waals surface area contributed by atoms with Crippen LogP contribution in [0.15, 0.2) is 0 Å². The van der Waals surface area contributed by atoms with E-state index in [2.05, 4.69) is 6.92 Å². The number of carbonyl (C=O) groups excluding carboxylic acids is 1. The van der Waals surface area contributed by atoms with Crippen molar-refractivity contribution < 1.29 is 4.79 Å². The standard InChI is InChI=1S/C11H22N2O/c1-8-5-6-13(7-8)10(14)9(12)11(2,3)4/h8-9H,5-7,12H2,1-4H3/t8?,9-/m1/s1. The average molecular weight is 198 g/mol. The molecule has 0 radical (unpaired) electrons. The van der Waals surface area contributed by atoms with Crippen LogP contribution >= 0.6 is 0 Å². The summed E-state index contributed by atoms with van der Waals surface area (Å²) >= 11 is 0. The summed E-state index contributed by atoms with van der Waals surface area (Å²) in [6.07, 6.45) is 1.11. The van der Waals surface area contributed by atoms with Crippen LogP contribution in [0.3, 0.4) is 0 Å². The number of hydrogen-bond acceptors (Lipinski definition) is 2. The fourth-order valence-electron chi connectivity index (χ4n) is 1.70. The van der Waals surface area contributed by atoms with E-state index in [0.717, 1.165) is 19.5 Å². The fourth-order valence-corrected chi connectivity index (χ4v) is 1.70. The van der Waals surface area contributed by atoms with Crippen LogP contribution in [0.4, 0.5) is 0 Å². The molecule has 1 heterocycles. The molecule has 1 rings (SSSR count). The third-order valence-corrected chi connectivity index (χ3v) is 2.93. The Labute approximate surface area is 86.6 Å². The van der Waals surface area contributed by atoms with E-state index in [-0.39, 0.29) is 17.4 Å². The molecule has 0 aromatic heterocycles. The van der Waals surface area contributed by atoms with Crippen molar-refractivity contribution in [3.8, 4) is 0 Å². The van der Waals surface area contributed by atoms with E-state index in [1.807, 2.05) is 25.7 Å². The molecule has 1 fully saturated rings. The Morgan fingerprint density at radius 1 is 1.50 bits per heavy atom. The SMILES string of the molecule is CC1CCN(C(=O)[C@@H](N)C(C)(C)C)C1. The minimum atomic E-state index is -0.368. The molecule has 1 unspecified atom stereocenters. The normalized spacial score (nSPS) is 25.2. The zero-order valence-electron chi connectivity index (χ0n) is 9.71. The lowest BCUT2D eigenvalue weighted by Crippen LogP contribution is -2.49. The Morgan fingerprint density at radius 2 is 2.07 bits per heavy atom. The Balaban J connectivity index is 2.57. The Morgan fingerprint density at radius 3 is 2.43 bits per heavy atom. The van der Waals surface area contributed by atoms with Gasteiger partial charge in [-0.1, -0.05) is 27.7 Å². The van der Waals surface area contributed by atoms with E-state index < -0.39 is 0 Å². The fraction of sp³-hybridized carbons (Fsp3) is 0.909. The summed E-state index contributed by atoms with van der Waals surface area (Å²) in [5, 5.41) is 0. The van der Waals surface area contributed by atoms with Gasteiger partial charge in [-0.15, -0.1) is 0 Å². The first-order valence-electron chi connectivity index (χ1n) is 5.36. The molecule has 82 valence electrons. The van der Waals surface area contributed by atoms with Crippen molar-refractivity contribution in [2.45, 2.75) is 40.2 Å². The molecule has 1 aliphatic heterocycles. The van der Waals surface area contributed by atoms with Gasteiger partial charge in [0.25, 0.3) is 0 Å². The van der Waals surface area contributed by atoms with Gasteiger partial charge in [-0.25, -0.2) is 0 Å². The summed E-state index contributed by atoms with van der Waals surface area (Å²) < 4.78 is 0. The van der Waals surface area contributed by atoms with Crippen molar-refractivity contribution in [2.24, 2.45) is 17.1 Å². The molecule has 0 aromatic carbocycles. The van der Waals surface area contributed by atoms with Gasteiger partial charge in [0, 0.05) is 13.1 Å². The zero-order chi connectivity index (χ0) is 10.9. The minimum absolute atomic E-state index is 0.113. The van der Waals surface area contributed by atoms with Gasteiger partial charge < -0.3 is 10.6 Å². The van der Waals surface area contributed by atoms with Crippen LogP contribution in [0.2, 0.25) is 0 Å². The summed E-state index contributed by atoms with van der Waals surface area (Å²) in [5.41, 5.74) is 5.79. The van der Waals surface area contributed by atoms with Crippen LogP contribution in [0.1, 0.15) is 34.1 Å². The van der Waals surface area contributed by atoms with E-state index in [0.29, 0.717) is 5.92 Å². The second kappa shape index (κ2) is 3.89. The third-order valence-electron chi connectivity index (χ3n) is 2.93. The third kappa shape index (κ3) is 2.47. The van der Waals surface area contributed by atoms with Gasteiger partial charge in [0.05, 0.1) is 6.04 Å². The maximum atomic E-state index is 11.9. The quantitative estimate of drug-likeness (QED) is 0.689. The largest absolute Gasteiger partial charge is 0.341 e. The molecule has 1 aliphatic rings. The van der Waals surface area contributed by atoms with Gasteiger partial charge in [-0.05, 0) is 17.8 Å². The van der Waals surface area contributed by atoms with Gasteiger partial charge in [-0.2, -0.15) is 0 Å². The summed E-state index contributed by atoms with van der Waals surface area (Å²) in [7, 11) is 0. The highest BCUT2D eigenvalue weighted by atomic mass is 16.2. The molecular weight excluding hydrogens is 176 g/mol. The molecule has 0 bridgehead atoms. The van der Waals surface area contributed by atoms with Gasteiger partial charge in [0.1, 0.15) is 0 Å². The second-order valence-corrected chi connectivity index (χ2v) is 5.52. The lowest BCUT2D eigenvalue weighted by atomic mass is 9.86. The first-order valence-corrected chi connectivity index (χ1v) is 5.36. The molecule has 14 heavy (non-hydrogen) atoms. The predicted octanol–water partition coefficient (Wildman–Crippen LogP) is 1.23. The highest BCUT2D eigenvalue weighted by Crippen LogP contribution is 2.22. The minimum Gasteiger partial charge on any atom is -0.341 e. The smallest absolute Gasteiger partial charge is 0.240 e. The van der Waals surface area contributed by atoms with Gasteiger partial charge in [0.15, 0.2) is 0 Å². The summed E-state index contributed by atoms with van der Waals surface area (Å²) in [5.74, 6) is 0.743. The Bertz CT molecular complexity index is 220.